The van der Waals surface area contributed by atoms with Gasteiger partial charge in [0.05, 0.1) is 5.69 Å². The second kappa shape index (κ2) is 2.97. The van der Waals surface area contributed by atoms with Crippen LogP contribution in [0.3, 0.4) is 0 Å². The van der Waals surface area contributed by atoms with E-state index in [-0.39, 0.29) is 6.09 Å². The molecule has 3 rings (SSSR count). The predicted octanol–water partition coefficient (Wildman–Crippen LogP) is 1.44. The van der Waals surface area contributed by atoms with E-state index in [2.05, 4.69) is 10.6 Å². The molecule has 78 valence electrons. The number of fused-ring (bicyclic) bond motifs is 2. The van der Waals surface area contributed by atoms with E-state index in [1.54, 1.807) is 0 Å². The van der Waals surface area contributed by atoms with Crippen molar-refractivity contribution in [2.45, 2.75) is 12.0 Å². The first kappa shape index (κ1) is 8.73. The predicted molar refractivity (Wildman–Crippen MR) is 55.7 cm³/mol. The molecule has 0 aliphatic carbocycles. The van der Waals surface area contributed by atoms with Crippen molar-refractivity contribution < 1.29 is 9.53 Å². The van der Waals surface area contributed by atoms with E-state index in [1.807, 2.05) is 24.3 Å². The van der Waals surface area contributed by atoms with Gasteiger partial charge in [-0.2, -0.15) is 0 Å². The zero-order chi connectivity index (χ0) is 10.3. The Kier molecular flexibility index (Phi) is 1.73. The number of carbonyl (C=O) groups excluding carboxylic acids is 1. The highest BCUT2D eigenvalue weighted by atomic mass is 16.6. The maximum atomic E-state index is 11.4. The molecule has 2 aliphatic heterocycles. The maximum Gasteiger partial charge on any atom is 0.412 e. The molecule has 0 unspecified atom stereocenters. The van der Waals surface area contributed by atoms with Gasteiger partial charge in [-0.3, -0.25) is 5.32 Å². The molecule has 1 aromatic rings. The van der Waals surface area contributed by atoms with Crippen LogP contribution in [0.2, 0.25) is 0 Å². The van der Waals surface area contributed by atoms with Crippen molar-refractivity contribution in [2.24, 2.45) is 0 Å². The van der Waals surface area contributed by atoms with Crippen LogP contribution in [0, 0.1) is 0 Å². The summed E-state index contributed by atoms with van der Waals surface area (Å²) in [5.74, 6) is 0. The molecule has 0 radical (unpaired) electrons. The van der Waals surface area contributed by atoms with Gasteiger partial charge in [-0.05, 0) is 12.6 Å². The van der Waals surface area contributed by atoms with Gasteiger partial charge in [0.2, 0.25) is 0 Å². The highest BCUT2D eigenvalue weighted by Crippen LogP contribution is 2.39. The Labute approximate surface area is 87.6 Å². The van der Waals surface area contributed by atoms with Crippen LogP contribution in [-0.4, -0.2) is 19.2 Å². The lowest BCUT2D eigenvalue weighted by Gasteiger charge is -2.34. The summed E-state index contributed by atoms with van der Waals surface area (Å²) in [7, 11) is 0. The molecule has 4 nitrogen and oxygen atoms in total. The van der Waals surface area contributed by atoms with Gasteiger partial charge >= 0.3 is 6.09 Å². The third-order valence-electron chi connectivity index (χ3n) is 3.06. The molecule has 0 bridgehead atoms. The van der Waals surface area contributed by atoms with Crippen LogP contribution < -0.4 is 10.6 Å². The van der Waals surface area contributed by atoms with Gasteiger partial charge in [0.15, 0.2) is 5.60 Å². The number of nitrogens with one attached hydrogen (secondary N) is 2. The van der Waals surface area contributed by atoms with Crippen LogP contribution in [0.5, 0.6) is 0 Å². The fraction of sp³-hybridized carbons (Fsp3) is 0.364. The number of anilines is 1. The van der Waals surface area contributed by atoms with E-state index < -0.39 is 5.60 Å². The summed E-state index contributed by atoms with van der Waals surface area (Å²) < 4.78 is 5.45. The lowest BCUT2D eigenvalue weighted by atomic mass is 9.90. The van der Waals surface area contributed by atoms with Crippen LogP contribution in [0.15, 0.2) is 24.3 Å². The standard InChI is InChI=1S/C11H12N2O2/c14-10-13-9-4-2-1-3-8(9)11(15-10)5-6-12-7-11/h1-4,12H,5-7H2,(H,13,14)/t11-/m0/s1. The van der Waals surface area contributed by atoms with Gasteiger partial charge in [-0.15, -0.1) is 0 Å². The largest absolute Gasteiger partial charge is 0.436 e. The van der Waals surface area contributed by atoms with E-state index in [4.69, 9.17) is 4.74 Å². The fourth-order valence-electron chi connectivity index (χ4n) is 2.34. The van der Waals surface area contributed by atoms with Crippen molar-refractivity contribution in [3.63, 3.8) is 0 Å². The Morgan fingerprint density at radius 2 is 2.20 bits per heavy atom. The molecule has 0 saturated carbocycles. The molecular weight excluding hydrogens is 192 g/mol. The summed E-state index contributed by atoms with van der Waals surface area (Å²) in [5, 5.41) is 5.96. The average molecular weight is 204 g/mol. The zero-order valence-electron chi connectivity index (χ0n) is 8.25. The van der Waals surface area contributed by atoms with Gasteiger partial charge in [-0.1, -0.05) is 18.2 Å². The minimum Gasteiger partial charge on any atom is -0.436 e. The lowest BCUT2D eigenvalue weighted by Crippen LogP contribution is -2.41. The minimum absolute atomic E-state index is 0.350. The van der Waals surface area contributed by atoms with E-state index >= 15 is 0 Å². The Balaban J connectivity index is 2.14. The molecule has 4 heteroatoms. The Morgan fingerprint density at radius 3 is 3.00 bits per heavy atom. The molecule has 2 N–H and O–H groups in total. The van der Waals surface area contributed by atoms with Gasteiger partial charge < -0.3 is 10.1 Å². The van der Waals surface area contributed by atoms with Crippen molar-refractivity contribution in [3.05, 3.63) is 29.8 Å². The summed E-state index contributed by atoms with van der Waals surface area (Å²) in [6, 6.07) is 7.82. The number of hydrogen-bond donors (Lipinski definition) is 2. The number of ether oxygens (including phenoxy) is 1. The van der Waals surface area contributed by atoms with Crippen LogP contribution in [-0.2, 0) is 10.3 Å². The fourth-order valence-corrected chi connectivity index (χ4v) is 2.34. The monoisotopic (exact) mass is 204 g/mol. The molecule has 1 fully saturated rings. The molecule has 0 aromatic heterocycles. The molecule has 1 aromatic carbocycles. The van der Waals surface area contributed by atoms with Crippen molar-refractivity contribution in [1.82, 2.24) is 5.32 Å². The lowest BCUT2D eigenvalue weighted by molar-refractivity contribution is 0.0278. The highest BCUT2D eigenvalue weighted by molar-refractivity contribution is 5.88. The summed E-state index contributed by atoms with van der Waals surface area (Å²) >= 11 is 0. The smallest absolute Gasteiger partial charge is 0.412 e. The zero-order valence-corrected chi connectivity index (χ0v) is 8.25. The average Bonchev–Trinajstić information content (AvgIpc) is 2.67. The van der Waals surface area contributed by atoms with Crippen LogP contribution in [0.1, 0.15) is 12.0 Å². The van der Waals surface area contributed by atoms with E-state index in [1.165, 1.54) is 0 Å². The normalized spacial score (nSPS) is 28.4. The number of para-hydroxylation sites is 1. The van der Waals surface area contributed by atoms with Crippen molar-refractivity contribution >= 4 is 11.8 Å². The Hall–Kier alpha value is -1.55. The second-order valence-corrected chi connectivity index (χ2v) is 3.98. The number of carbonyl (C=O) groups is 1. The van der Waals surface area contributed by atoms with Crippen LogP contribution >= 0.6 is 0 Å². The molecule has 15 heavy (non-hydrogen) atoms. The molecule has 2 heterocycles. The SMILES string of the molecule is O=C1Nc2ccccc2[C@@]2(CCNC2)O1. The Morgan fingerprint density at radius 1 is 1.33 bits per heavy atom. The topological polar surface area (TPSA) is 50.4 Å². The first-order valence-corrected chi connectivity index (χ1v) is 5.10. The Bertz CT molecular complexity index is 411. The number of amides is 1. The summed E-state index contributed by atoms with van der Waals surface area (Å²) in [6.45, 7) is 1.60. The van der Waals surface area contributed by atoms with Gasteiger partial charge in [0.25, 0.3) is 0 Å². The third kappa shape index (κ3) is 1.22. The quantitative estimate of drug-likeness (QED) is 0.672. The summed E-state index contributed by atoms with van der Waals surface area (Å²) in [6.07, 6.45) is 0.495. The maximum absolute atomic E-state index is 11.4. The van der Waals surface area contributed by atoms with Gasteiger partial charge in [0, 0.05) is 18.5 Å². The molecule has 2 aliphatic rings. The van der Waals surface area contributed by atoms with Gasteiger partial charge in [0.1, 0.15) is 0 Å². The number of rotatable bonds is 0. The van der Waals surface area contributed by atoms with Crippen LogP contribution in [0.4, 0.5) is 10.5 Å². The molecule has 1 saturated heterocycles. The van der Waals surface area contributed by atoms with Crippen LogP contribution in [0.25, 0.3) is 0 Å². The second-order valence-electron chi connectivity index (χ2n) is 3.98. The first-order valence-electron chi connectivity index (χ1n) is 5.10. The summed E-state index contributed by atoms with van der Waals surface area (Å²) in [5.41, 5.74) is 1.51. The van der Waals surface area contributed by atoms with Crippen molar-refractivity contribution in [2.75, 3.05) is 18.4 Å². The third-order valence-corrected chi connectivity index (χ3v) is 3.06. The minimum atomic E-state index is -0.446. The molecular formula is C11H12N2O2. The van der Waals surface area contributed by atoms with E-state index in [9.17, 15) is 4.79 Å². The number of benzene rings is 1. The molecule has 1 atom stereocenters. The van der Waals surface area contributed by atoms with Gasteiger partial charge in [-0.25, -0.2) is 4.79 Å². The van der Waals surface area contributed by atoms with Crippen molar-refractivity contribution in [1.29, 1.82) is 0 Å². The first-order chi connectivity index (χ1) is 7.30. The molecule has 1 spiro atoms. The molecule has 1 amide bonds. The van der Waals surface area contributed by atoms with E-state index in [0.717, 1.165) is 24.2 Å². The number of hydrogen-bond acceptors (Lipinski definition) is 3. The summed E-state index contributed by atoms with van der Waals surface area (Å²) in [4.78, 5) is 11.4. The van der Waals surface area contributed by atoms with Crippen molar-refractivity contribution in [3.8, 4) is 0 Å². The highest BCUT2D eigenvalue weighted by Gasteiger charge is 2.44. The van der Waals surface area contributed by atoms with E-state index in [0.29, 0.717) is 6.54 Å².